The van der Waals surface area contributed by atoms with Crippen LogP contribution in [0.25, 0.3) is 0 Å². The Morgan fingerprint density at radius 3 is 2.71 bits per heavy atom. The van der Waals surface area contributed by atoms with Crippen molar-refractivity contribution < 1.29 is 19.1 Å². The molecular formula is C22H32N2O4. The van der Waals surface area contributed by atoms with E-state index in [9.17, 15) is 9.59 Å². The molecule has 1 aromatic rings. The van der Waals surface area contributed by atoms with Gasteiger partial charge in [-0.2, -0.15) is 0 Å². The lowest BCUT2D eigenvalue weighted by Gasteiger charge is -2.38. The highest BCUT2D eigenvalue weighted by Gasteiger charge is 2.36. The molecule has 154 valence electrons. The van der Waals surface area contributed by atoms with Gasteiger partial charge >= 0.3 is 0 Å². The first kappa shape index (κ1) is 20.6. The van der Waals surface area contributed by atoms with Crippen LogP contribution in [0.4, 0.5) is 0 Å². The standard InChI is InChI=1S/C22H32N2O4/c1-27-13-12-23(15-17-6-5-9-20(14-17)28-2)22(26)18-10-11-21(25)24(16-18)19-7-3-4-8-19/h5-6,9,14,18-19H,3-4,7-8,10-13,15-16H2,1-2H3/t18-/m0/s1. The van der Waals surface area contributed by atoms with Gasteiger partial charge in [0, 0.05) is 39.2 Å². The molecule has 1 aliphatic heterocycles. The summed E-state index contributed by atoms with van der Waals surface area (Å²) in [6, 6.07) is 8.13. The lowest BCUT2D eigenvalue weighted by molar-refractivity contribution is -0.145. The van der Waals surface area contributed by atoms with Crippen molar-refractivity contribution in [2.24, 2.45) is 5.92 Å². The highest BCUT2D eigenvalue weighted by Crippen LogP contribution is 2.29. The predicted molar refractivity (Wildman–Crippen MR) is 107 cm³/mol. The van der Waals surface area contributed by atoms with Gasteiger partial charge in [0.05, 0.1) is 19.6 Å². The number of hydrogen-bond acceptors (Lipinski definition) is 4. The Kier molecular flexibility index (Phi) is 7.31. The minimum absolute atomic E-state index is 0.121. The molecular weight excluding hydrogens is 356 g/mol. The first-order valence-electron chi connectivity index (χ1n) is 10.3. The van der Waals surface area contributed by atoms with Gasteiger partial charge in [-0.1, -0.05) is 25.0 Å². The average Bonchev–Trinajstić information content (AvgIpc) is 3.25. The zero-order chi connectivity index (χ0) is 19.9. The van der Waals surface area contributed by atoms with E-state index in [1.54, 1.807) is 14.2 Å². The Morgan fingerprint density at radius 1 is 1.21 bits per heavy atom. The monoisotopic (exact) mass is 388 g/mol. The van der Waals surface area contributed by atoms with Crippen LogP contribution in [0.15, 0.2) is 24.3 Å². The second-order valence-corrected chi connectivity index (χ2v) is 7.82. The van der Waals surface area contributed by atoms with Gasteiger partial charge in [0.2, 0.25) is 11.8 Å². The van der Waals surface area contributed by atoms with E-state index < -0.39 is 0 Å². The van der Waals surface area contributed by atoms with Gasteiger partial charge in [-0.05, 0) is 37.0 Å². The molecule has 0 aromatic heterocycles. The largest absolute Gasteiger partial charge is 0.497 e. The molecule has 1 heterocycles. The molecule has 1 atom stereocenters. The Balaban J connectivity index is 1.69. The molecule has 0 radical (unpaired) electrons. The van der Waals surface area contributed by atoms with Gasteiger partial charge < -0.3 is 19.3 Å². The maximum atomic E-state index is 13.3. The van der Waals surface area contributed by atoms with Crippen LogP contribution < -0.4 is 4.74 Å². The van der Waals surface area contributed by atoms with Crippen molar-refractivity contribution >= 4 is 11.8 Å². The Labute approximate surface area is 167 Å². The summed E-state index contributed by atoms with van der Waals surface area (Å²) in [5.41, 5.74) is 1.03. The van der Waals surface area contributed by atoms with Crippen molar-refractivity contribution in [3.05, 3.63) is 29.8 Å². The molecule has 3 rings (SSSR count). The number of piperidine rings is 1. The van der Waals surface area contributed by atoms with E-state index in [0.717, 1.165) is 24.2 Å². The van der Waals surface area contributed by atoms with Crippen LogP contribution >= 0.6 is 0 Å². The molecule has 1 aromatic carbocycles. The first-order valence-corrected chi connectivity index (χ1v) is 10.3. The van der Waals surface area contributed by atoms with E-state index >= 15 is 0 Å². The molecule has 1 saturated heterocycles. The topological polar surface area (TPSA) is 59.1 Å². The second-order valence-electron chi connectivity index (χ2n) is 7.82. The molecule has 0 spiro atoms. The normalized spacial score (nSPS) is 20.4. The smallest absolute Gasteiger partial charge is 0.227 e. The lowest BCUT2D eigenvalue weighted by Crippen LogP contribution is -2.50. The number of nitrogens with zero attached hydrogens (tertiary/aromatic N) is 2. The second kappa shape index (κ2) is 9.92. The van der Waals surface area contributed by atoms with E-state index in [1.807, 2.05) is 34.1 Å². The fourth-order valence-electron chi connectivity index (χ4n) is 4.36. The fraction of sp³-hybridized carbons (Fsp3) is 0.636. The molecule has 2 fully saturated rings. The van der Waals surface area contributed by atoms with Crippen LogP contribution in [0.5, 0.6) is 5.75 Å². The zero-order valence-corrected chi connectivity index (χ0v) is 17.1. The first-order chi connectivity index (χ1) is 13.6. The zero-order valence-electron chi connectivity index (χ0n) is 17.1. The third-order valence-corrected chi connectivity index (χ3v) is 5.94. The van der Waals surface area contributed by atoms with E-state index in [2.05, 4.69) is 0 Å². The number of amides is 2. The molecule has 6 heteroatoms. The highest BCUT2D eigenvalue weighted by atomic mass is 16.5. The molecule has 2 aliphatic rings. The third kappa shape index (κ3) is 5.04. The van der Waals surface area contributed by atoms with Crippen LogP contribution in [0, 0.1) is 5.92 Å². The van der Waals surface area contributed by atoms with Crippen molar-refractivity contribution in [1.29, 1.82) is 0 Å². The number of benzene rings is 1. The minimum Gasteiger partial charge on any atom is -0.497 e. The molecule has 1 saturated carbocycles. The Morgan fingerprint density at radius 2 is 2.00 bits per heavy atom. The number of carbonyl (C=O) groups is 2. The summed E-state index contributed by atoms with van der Waals surface area (Å²) in [7, 11) is 3.29. The van der Waals surface area contributed by atoms with Crippen molar-refractivity contribution in [3.63, 3.8) is 0 Å². The highest BCUT2D eigenvalue weighted by molar-refractivity contribution is 5.84. The number of likely N-dealkylation sites (tertiary alicyclic amines) is 1. The van der Waals surface area contributed by atoms with Gasteiger partial charge in [-0.15, -0.1) is 0 Å². The minimum atomic E-state index is -0.124. The quantitative estimate of drug-likeness (QED) is 0.687. The molecule has 6 nitrogen and oxygen atoms in total. The van der Waals surface area contributed by atoms with Gasteiger partial charge in [0.15, 0.2) is 0 Å². The molecule has 1 aliphatic carbocycles. The molecule has 28 heavy (non-hydrogen) atoms. The maximum absolute atomic E-state index is 13.3. The Bertz CT molecular complexity index is 672. The van der Waals surface area contributed by atoms with Crippen molar-refractivity contribution in [1.82, 2.24) is 9.80 Å². The summed E-state index contributed by atoms with van der Waals surface area (Å²) in [5.74, 6) is 0.996. The van der Waals surface area contributed by atoms with Crippen LogP contribution in [0.3, 0.4) is 0 Å². The van der Waals surface area contributed by atoms with Crippen molar-refractivity contribution in [3.8, 4) is 5.75 Å². The summed E-state index contributed by atoms with van der Waals surface area (Å²) in [6.07, 6.45) is 5.63. The van der Waals surface area contributed by atoms with Crippen molar-refractivity contribution in [2.75, 3.05) is 33.9 Å². The lowest BCUT2D eigenvalue weighted by atomic mass is 9.94. The summed E-state index contributed by atoms with van der Waals surface area (Å²) >= 11 is 0. The summed E-state index contributed by atoms with van der Waals surface area (Å²) in [6.45, 7) is 2.12. The predicted octanol–water partition coefficient (Wildman–Crippen LogP) is 2.85. The number of rotatable bonds is 8. The third-order valence-electron chi connectivity index (χ3n) is 5.94. The van der Waals surface area contributed by atoms with Crippen LogP contribution in [0.2, 0.25) is 0 Å². The summed E-state index contributed by atoms with van der Waals surface area (Å²) < 4.78 is 10.5. The summed E-state index contributed by atoms with van der Waals surface area (Å²) in [4.78, 5) is 29.6. The molecule has 0 unspecified atom stereocenters. The Hall–Kier alpha value is -2.08. The molecule has 0 bridgehead atoms. The van der Waals surface area contributed by atoms with Gasteiger partial charge in [0.25, 0.3) is 0 Å². The van der Waals surface area contributed by atoms with E-state index in [4.69, 9.17) is 9.47 Å². The van der Waals surface area contributed by atoms with E-state index in [-0.39, 0.29) is 17.7 Å². The van der Waals surface area contributed by atoms with E-state index in [0.29, 0.717) is 45.1 Å². The maximum Gasteiger partial charge on any atom is 0.227 e. The van der Waals surface area contributed by atoms with Crippen molar-refractivity contribution in [2.45, 2.75) is 51.1 Å². The number of methoxy groups -OCH3 is 2. The number of ether oxygens (including phenoxy) is 2. The number of carbonyl (C=O) groups excluding carboxylic acids is 2. The van der Waals surface area contributed by atoms with Crippen LogP contribution in [-0.4, -0.2) is 61.6 Å². The van der Waals surface area contributed by atoms with E-state index in [1.165, 1.54) is 12.8 Å². The van der Waals surface area contributed by atoms with Gasteiger partial charge in [-0.25, -0.2) is 0 Å². The SMILES string of the molecule is COCCN(Cc1cccc(OC)c1)C(=O)[C@H]1CCC(=O)N(C2CCCC2)C1. The molecule has 2 amide bonds. The van der Waals surface area contributed by atoms with Crippen LogP contribution in [-0.2, 0) is 20.9 Å². The van der Waals surface area contributed by atoms with Crippen LogP contribution in [0.1, 0.15) is 44.1 Å². The van der Waals surface area contributed by atoms with Gasteiger partial charge in [0.1, 0.15) is 5.75 Å². The summed E-state index contributed by atoms with van der Waals surface area (Å²) in [5, 5.41) is 0. The van der Waals surface area contributed by atoms with Gasteiger partial charge in [-0.3, -0.25) is 9.59 Å². The number of hydrogen-bond donors (Lipinski definition) is 0. The molecule has 0 N–H and O–H groups in total. The average molecular weight is 389 g/mol. The fourth-order valence-corrected chi connectivity index (χ4v) is 4.36.